The van der Waals surface area contributed by atoms with Gasteiger partial charge >= 0.3 is 12.0 Å². The summed E-state index contributed by atoms with van der Waals surface area (Å²) in [6.07, 6.45) is 0.135. The normalized spacial score (nSPS) is 9.74. The summed E-state index contributed by atoms with van der Waals surface area (Å²) in [7, 11) is 0. The molecule has 0 saturated heterocycles. The van der Waals surface area contributed by atoms with Gasteiger partial charge < -0.3 is 25.8 Å². The number of anilines is 3. The quantitative estimate of drug-likeness (QED) is 0.361. The van der Waals surface area contributed by atoms with Crippen LogP contribution < -0.4 is 20.7 Å². The van der Waals surface area contributed by atoms with Crippen LogP contribution in [0.25, 0.3) is 0 Å². The monoisotopic (exact) mass is 463 g/mol. The highest BCUT2D eigenvalue weighted by atomic mass is 16.5. The van der Waals surface area contributed by atoms with Gasteiger partial charge in [0.2, 0.25) is 5.91 Å². The van der Waals surface area contributed by atoms with E-state index in [0.717, 1.165) is 16.8 Å². The summed E-state index contributed by atoms with van der Waals surface area (Å²) in [5, 5.41) is 17.0. The van der Waals surface area contributed by atoms with Crippen molar-refractivity contribution in [1.29, 1.82) is 0 Å². The van der Waals surface area contributed by atoms with E-state index in [1.165, 1.54) is 0 Å². The Balaban J connectivity index is 0.00000199. The molecule has 0 aliphatic carbocycles. The van der Waals surface area contributed by atoms with Crippen molar-refractivity contribution in [2.75, 3.05) is 22.6 Å². The third-order valence-electron chi connectivity index (χ3n) is 4.45. The SMILES string of the molecule is CC.Cc1ccccc1NC(=O)Nc1ccc(CC(=O)Nc2cccc(OCC(=O)O)c2)cc1. The molecule has 0 fully saturated rings. The minimum atomic E-state index is -1.08. The number of ether oxygens (including phenoxy) is 1. The lowest BCUT2D eigenvalue weighted by Crippen LogP contribution is -2.20. The van der Waals surface area contributed by atoms with Gasteiger partial charge in [-0.05, 0) is 48.4 Å². The van der Waals surface area contributed by atoms with E-state index in [9.17, 15) is 14.4 Å². The summed E-state index contributed by atoms with van der Waals surface area (Å²) >= 11 is 0. The molecule has 3 aromatic carbocycles. The Morgan fingerprint density at radius 1 is 0.824 bits per heavy atom. The van der Waals surface area contributed by atoms with Crippen LogP contribution in [0.2, 0.25) is 0 Å². The summed E-state index contributed by atoms with van der Waals surface area (Å²) in [6, 6.07) is 20.6. The van der Waals surface area contributed by atoms with Gasteiger partial charge in [-0.2, -0.15) is 0 Å². The molecule has 0 aromatic heterocycles. The Morgan fingerprint density at radius 2 is 1.53 bits per heavy atom. The van der Waals surface area contributed by atoms with E-state index < -0.39 is 12.6 Å². The van der Waals surface area contributed by atoms with Crippen molar-refractivity contribution in [2.24, 2.45) is 0 Å². The molecule has 4 N–H and O–H groups in total. The summed E-state index contributed by atoms with van der Waals surface area (Å²) in [5.74, 6) is -0.965. The van der Waals surface area contributed by atoms with E-state index in [-0.39, 0.29) is 18.4 Å². The zero-order chi connectivity index (χ0) is 24.9. The number of carboxylic acid groups (broad SMARTS) is 1. The molecule has 3 rings (SSSR count). The fourth-order valence-corrected chi connectivity index (χ4v) is 2.90. The second-order valence-electron chi connectivity index (χ2n) is 7.03. The Hall–Kier alpha value is -4.33. The first-order valence-corrected chi connectivity index (χ1v) is 10.9. The Bertz CT molecular complexity index is 1110. The molecule has 0 bridgehead atoms. The van der Waals surface area contributed by atoms with E-state index in [4.69, 9.17) is 9.84 Å². The van der Waals surface area contributed by atoms with E-state index in [1.54, 1.807) is 48.5 Å². The molecule has 8 heteroatoms. The highest BCUT2D eigenvalue weighted by molar-refractivity contribution is 6.00. The van der Waals surface area contributed by atoms with E-state index >= 15 is 0 Å². The van der Waals surface area contributed by atoms with Crippen LogP contribution in [0.3, 0.4) is 0 Å². The van der Waals surface area contributed by atoms with Crippen LogP contribution >= 0.6 is 0 Å². The third-order valence-corrected chi connectivity index (χ3v) is 4.45. The number of nitrogens with one attached hydrogen (secondary N) is 3. The lowest BCUT2D eigenvalue weighted by Gasteiger charge is -2.10. The lowest BCUT2D eigenvalue weighted by molar-refractivity contribution is -0.139. The zero-order valence-corrected chi connectivity index (χ0v) is 19.4. The number of urea groups is 1. The number of amides is 3. The van der Waals surface area contributed by atoms with Crippen molar-refractivity contribution in [1.82, 2.24) is 0 Å². The number of aliphatic carboxylic acids is 1. The van der Waals surface area contributed by atoms with E-state index in [2.05, 4.69) is 16.0 Å². The third kappa shape index (κ3) is 8.66. The van der Waals surface area contributed by atoms with Gasteiger partial charge in [-0.1, -0.05) is 50.2 Å². The maximum Gasteiger partial charge on any atom is 0.341 e. The number of aryl methyl sites for hydroxylation is 1. The largest absolute Gasteiger partial charge is 0.482 e. The molecule has 3 aromatic rings. The van der Waals surface area contributed by atoms with Crippen LogP contribution in [-0.4, -0.2) is 29.6 Å². The number of hydrogen-bond donors (Lipinski definition) is 4. The van der Waals surface area contributed by atoms with Gasteiger partial charge in [-0.3, -0.25) is 4.79 Å². The van der Waals surface area contributed by atoms with Crippen LogP contribution in [0.1, 0.15) is 25.0 Å². The lowest BCUT2D eigenvalue weighted by atomic mass is 10.1. The number of benzene rings is 3. The van der Waals surface area contributed by atoms with Gasteiger partial charge in [0.05, 0.1) is 6.42 Å². The van der Waals surface area contributed by atoms with Crippen LogP contribution in [0.15, 0.2) is 72.8 Å². The molecule has 0 unspecified atom stereocenters. The molecule has 178 valence electrons. The number of carbonyl (C=O) groups excluding carboxylic acids is 2. The molecule has 8 nitrogen and oxygen atoms in total. The number of para-hydroxylation sites is 1. The Kier molecular flexibility index (Phi) is 10.1. The first kappa shape index (κ1) is 25.9. The van der Waals surface area contributed by atoms with Crippen LogP contribution in [0.4, 0.5) is 21.9 Å². The molecule has 3 amide bonds. The molecule has 0 heterocycles. The molecular weight excluding hydrogens is 434 g/mol. The van der Waals surface area contributed by atoms with Crippen molar-refractivity contribution in [3.05, 3.63) is 83.9 Å². The Morgan fingerprint density at radius 3 is 2.21 bits per heavy atom. The van der Waals surface area contributed by atoms with E-state index in [1.807, 2.05) is 45.0 Å². The van der Waals surface area contributed by atoms with Crippen molar-refractivity contribution in [3.63, 3.8) is 0 Å². The smallest absolute Gasteiger partial charge is 0.341 e. The van der Waals surface area contributed by atoms with Crippen LogP contribution in [-0.2, 0) is 16.0 Å². The summed E-state index contributed by atoms with van der Waals surface area (Å²) < 4.78 is 5.11. The van der Waals surface area contributed by atoms with Gasteiger partial charge in [0.1, 0.15) is 5.75 Å². The van der Waals surface area contributed by atoms with E-state index in [0.29, 0.717) is 17.1 Å². The molecule has 0 atom stereocenters. The topological polar surface area (TPSA) is 117 Å². The number of hydrogen-bond acceptors (Lipinski definition) is 4. The summed E-state index contributed by atoms with van der Waals surface area (Å²) in [5.41, 5.74) is 3.57. The standard InChI is InChI=1S/C24H23N3O5.C2H6/c1-16-5-2-3-8-21(16)27-24(31)26-18-11-9-17(10-12-18)13-22(28)25-19-6-4-7-20(14-19)32-15-23(29)30;1-2/h2-12,14H,13,15H2,1H3,(H,25,28)(H,29,30)(H2,26,27,31);1-2H3. The van der Waals surface area contributed by atoms with Gasteiger partial charge in [-0.25, -0.2) is 9.59 Å². The highest BCUT2D eigenvalue weighted by Gasteiger charge is 2.08. The van der Waals surface area contributed by atoms with Gasteiger partial charge in [0.25, 0.3) is 0 Å². The van der Waals surface area contributed by atoms with Gasteiger partial charge in [0, 0.05) is 23.1 Å². The van der Waals surface area contributed by atoms with Crippen molar-refractivity contribution in [2.45, 2.75) is 27.2 Å². The highest BCUT2D eigenvalue weighted by Crippen LogP contribution is 2.18. The fraction of sp³-hybridized carbons (Fsp3) is 0.192. The number of rotatable bonds is 8. The molecular formula is C26H29N3O5. The molecule has 0 spiro atoms. The summed E-state index contributed by atoms with van der Waals surface area (Å²) in [6.45, 7) is 5.45. The minimum Gasteiger partial charge on any atom is -0.482 e. The van der Waals surface area contributed by atoms with Gasteiger partial charge in [-0.15, -0.1) is 0 Å². The molecule has 0 aliphatic rings. The minimum absolute atomic E-state index is 0.135. The van der Waals surface area contributed by atoms with Crippen LogP contribution in [0.5, 0.6) is 5.75 Å². The Labute approximate surface area is 199 Å². The second kappa shape index (κ2) is 13.3. The second-order valence-corrected chi connectivity index (χ2v) is 7.03. The zero-order valence-electron chi connectivity index (χ0n) is 19.4. The summed E-state index contributed by atoms with van der Waals surface area (Å²) in [4.78, 5) is 35.1. The average Bonchev–Trinajstić information content (AvgIpc) is 2.82. The molecule has 34 heavy (non-hydrogen) atoms. The predicted octanol–water partition coefficient (Wildman–Crippen LogP) is 5.31. The van der Waals surface area contributed by atoms with Crippen molar-refractivity contribution < 1.29 is 24.2 Å². The molecule has 0 radical (unpaired) electrons. The van der Waals surface area contributed by atoms with Crippen molar-refractivity contribution in [3.8, 4) is 5.75 Å². The number of carbonyl (C=O) groups is 3. The first-order valence-electron chi connectivity index (χ1n) is 10.9. The molecule has 0 aliphatic heterocycles. The fourth-order valence-electron chi connectivity index (χ4n) is 2.90. The maximum atomic E-state index is 12.3. The predicted molar refractivity (Wildman–Crippen MR) is 134 cm³/mol. The average molecular weight is 464 g/mol. The van der Waals surface area contributed by atoms with Crippen molar-refractivity contribution >= 4 is 35.0 Å². The number of carboxylic acids is 1. The van der Waals surface area contributed by atoms with Gasteiger partial charge in [0.15, 0.2) is 6.61 Å². The van der Waals surface area contributed by atoms with Crippen LogP contribution in [0, 0.1) is 6.92 Å². The maximum absolute atomic E-state index is 12.3. The molecule has 0 saturated carbocycles. The first-order chi connectivity index (χ1) is 16.4.